The number of carbonyl (C=O) groups is 2. The second kappa shape index (κ2) is 11.2. The molecule has 1 N–H and O–H groups in total. The van der Waals surface area contributed by atoms with E-state index in [9.17, 15) is 14.0 Å². The smallest absolute Gasteiger partial charge is 0.227 e. The number of rotatable bonds is 5. The van der Waals surface area contributed by atoms with E-state index in [1.54, 1.807) is 0 Å². The molecule has 1 saturated carbocycles. The average Bonchev–Trinajstić information content (AvgIpc) is 2.88. The monoisotopic (exact) mass is 499 g/mol. The molecule has 1 unspecified atom stereocenters. The molecule has 2 heterocycles. The molecule has 2 atom stereocenters. The molecule has 2 aliphatic heterocycles. The SMILES string of the molecule is CCN1CC[C@@H](C(=O)N2CCC(C(=O)NC(C)(C)C)(C3CCCCC3)CC2)C(c2ccc(F)cc2)C1. The Morgan fingerprint density at radius 1 is 1.00 bits per heavy atom. The van der Waals surface area contributed by atoms with Crippen LogP contribution in [0.5, 0.6) is 0 Å². The molecule has 36 heavy (non-hydrogen) atoms. The van der Waals surface area contributed by atoms with Crippen LogP contribution in [0.1, 0.15) is 90.5 Å². The van der Waals surface area contributed by atoms with Crippen LogP contribution in [0.2, 0.25) is 0 Å². The highest BCUT2D eigenvalue weighted by Gasteiger charge is 2.49. The van der Waals surface area contributed by atoms with Gasteiger partial charge in [-0.05, 0) is 89.6 Å². The summed E-state index contributed by atoms with van der Waals surface area (Å²) in [5.41, 5.74) is 0.416. The summed E-state index contributed by atoms with van der Waals surface area (Å²) in [5, 5.41) is 3.30. The first-order valence-corrected chi connectivity index (χ1v) is 14.2. The summed E-state index contributed by atoms with van der Waals surface area (Å²) in [5.74, 6) is 0.548. The van der Waals surface area contributed by atoms with Crippen LogP contribution in [-0.2, 0) is 9.59 Å². The van der Waals surface area contributed by atoms with Crippen molar-refractivity contribution in [1.29, 1.82) is 0 Å². The summed E-state index contributed by atoms with van der Waals surface area (Å²) in [6.07, 6.45) is 8.23. The Morgan fingerprint density at radius 3 is 2.22 bits per heavy atom. The molecule has 1 aromatic carbocycles. The lowest BCUT2D eigenvalue weighted by atomic mass is 9.63. The summed E-state index contributed by atoms with van der Waals surface area (Å²) < 4.78 is 13.6. The number of piperidine rings is 2. The number of nitrogens with one attached hydrogen (secondary N) is 1. The number of likely N-dealkylation sites (N-methyl/N-ethyl adjacent to an activating group) is 1. The van der Waals surface area contributed by atoms with Gasteiger partial charge in [0.15, 0.2) is 0 Å². The van der Waals surface area contributed by atoms with E-state index in [0.717, 1.165) is 57.3 Å². The van der Waals surface area contributed by atoms with Crippen molar-refractivity contribution in [3.8, 4) is 0 Å². The zero-order valence-electron chi connectivity index (χ0n) is 22.8. The number of halogens is 1. The van der Waals surface area contributed by atoms with E-state index in [4.69, 9.17) is 0 Å². The van der Waals surface area contributed by atoms with Crippen molar-refractivity contribution in [3.05, 3.63) is 35.6 Å². The molecule has 1 aliphatic carbocycles. The summed E-state index contributed by atoms with van der Waals surface area (Å²) in [4.78, 5) is 32.0. The summed E-state index contributed by atoms with van der Waals surface area (Å²) in [7, 11) is 0. The van der Waals surface area contributed by atoms with Crippen LogP contribution >= 0.6 is 0 Å². The minimum atomic E-state index is -0.369. The van der Waals surface area contributed by atoms with Crippen LogP contribution in [0.3, 0.4) is 0 Å². The van der Waals surface area contributed by atoms with Crippen LogP contribution in [0.15, 0.2) is 24.3 Å². The van der Waals surface area contributed by atoms with Crippen molar-refractivity contribution in [3.63, 3.8) is 0 Å². The largest absolute Gasteiger partial charge is 0.351 e. The maximum Gasteiger partial charge on any atom is 0.227 e. The van der Waals surface area contributed by atoms with Crippen LogP contribution in [-0.4, -0.2) is 59.9 Å². The number of amides is 2. The zero-order valence-corrected chi connectivity index (χ0v) is 22.8. The fourth-order valence-electron chi connectivity index (χ4n) is 6.95. The minimum absolute atomic E-state index is 0.0704. The van der Waals surface area contributed by atoms with Gasteiger partial charge in [0.2, 0.25) is 11.8 Å². The third kappa shape index (κ3) is 5.95. The predicted molar refractivity (Wildman–Crippen MR) is 142 cm³/mol. The molecule has 6 heteroatoms. The van der Waals surface area contributed by atoms with Gasteiger partial charge < -0.3 is 15.1 Å². The average molecular weight is 500 g/mol. The Hall–Kier alpha value is -1.95. The third-order valence-corrected chi connectivity index (χ3v) is 9.05. The molecule has 0 radical (unpaired) electrons. The molecule has 4 rings (SSSR count). The molecule has 3 aliphatic rings. The number of hydrogen-bond acceptors (Lipinski definition) is 3. The van der Waals surface area contributed by atoms with Gasteiger partial charge in [-0.2, -0.15) is 0 Å². The quantitative estimate of drug-likeness (QED) is 0.594. The van der Waals surface area contributed by atoms with Gasteiger partial charge in [0, 0.05) is 37.0 Å². The molecule has 0 bridgehead atoms. The number of nitrogens with zero attached hydrogens (tertiary/aromatic N) is 2. The Kier molecular flexibility index (Phi) is 8.43. The van der Waals surface area contributed by atoms with Gasteiger partial charge in [-0.15, -0.1) is 0 Å². The van der Waals surface area contributed by atoms with E-state index in [0.29, 0.717) is 19.0 Å². The second-order valence-electron chi connectivity index (χ2n) is 12.5. The maximum absolute atomic E-state index is 13.9. The molecule has 5 nitrogen and oxygen atoms in total. The van der Waals surface area contributed by atoms with E-state index in [1.807, 2.05) is 17.0 Å². The lowest BCUT2D eigenvalue weighted by molar-refractivity contribution is -0.149. The van der Waals surface area contributed by atoms with Gasteiger partial charge in [0.25, 0.3) is 0 Å². The summed E-state index contributed by atoms with van der Waals surface area (Å²) in [6.45, 7) is 12.3. The Labute approximate surface area is 217 Å². The molecule has 2 saturated heterocycles. The Balaban J connectivity index is 1.50. The first-order chi connectivity index (χ1) is 17.1. The molecule has 0 spiro atoms. The van der Waals surface area contributed by atoms with E-state index in [1.165, 1.54) is 31.4 Å². The van der Waals surface area contributed by atoms with Gasteiger partial charge in [-0.1, -0.05) is 38.3 Å². The van der Waals surface area contributed by atoms with Crippen molar-refractivity contribution >= 4 is 11.8 Å². The van der Waals surface area contributed by atoms with Gasteiger partial charge in [0.05, 0.1) is 5.41 Å². The van der Waals surface area contributed by atoms with Crippen molar-refractivity contribution in [1.82, 2.24) is 15.1 Å². The molecular weight excluding hydrogens is 453 g/mol. The van der Waals surface area contributed by atoms with Crippen molar-refractivity contribution in [2.45, 2.75) is 90.5 Å². The Bertz CT molecular complexity index is 896. The van der Waals surface area contributed by atoms with Crippen molar-refractivity contribution in [2.24, 2.45) is 17.3 Å². The normalized spacial score (nSPS) is 26.0. The number of carbonyl (C=O) groups excluding carboxylic acids is 2. The van der Waals surface area contributed by atoms with Gasteiger partial charge in [-0.3, -0.25) is 9.59 Å². The van der Waals surface area contributed by atoms with E-state index < -0.39 is 0 Å². The topological polar surface area (TPSA) is 52.7 Å². The highest BCUT2D eigenvalue weighted by molar-refractivity contribution is 5.85. The number of benzene rings is 1. The van der Waals surface area contributed by atoms with Crippen LogP contribution in [0.25, 0.3) is 0 Å². The van der Waals surface area contributed by atoms with Gasteiger partial charge in [-0.25, -0.2) is 4.39 Å². The minimum Gasteiger partial charge on any atom is -0.351 e. The van der Waals surface area contributed by atoms with Crippen molar-refractivity contribution < 1.29 is 14.0 Å². The second-order valence-corrected chi connectivity index (χ2v) is 12.5. The molecule has 0 aromatic heterocycles. The van der Waals surface area contributed by atoms with Gasteiger partial charge >= 0.3 is 0 Å². The first kappa shape index (κ1) is 27.1. The summed E-state index contributed by atoms with van der Waals surface area (Å²) >= 11 is 0. The van der Waals surface area contributed by atoms with Gasteiger partial charge in [0.1, 0.15) is 5.82 Å². The first-order valence-electron chi connectivity index (χ1n) is 14.2. The molecule has 3 fully saturated rings. The van der Waals surface area contributed by atoms with Crippen molar-refractivity contribution in [2.75, 3.05) is 32.7 Å². The molecule has 1 aromatic rings. The van der Waals surface area contributed by atoms with Crippen LogP contribution < -0.4 is 5.32 Å². The lowest BCUT2D eigenvalue weighted by Crippen LogP contribution is -2.58. The molecular formula is C30H46FN3O2. The highest BCUT2D eigenvalue weighted by atomic mass is 19.1. The number of likely N-dealkylation sites (tertiary alicyclic amines) is 2. The van der Waals surface area contributed by atoms with Crippen LogP contribution in [0.4, 0.5) is 4.39 Å². The number of hydrogen-bond donors (Lipinski definition) is 1. The Morgan fingerprint density at radius 2 is 1.64 bits per heavy atom. The highest BCUT2D eigenvalue weighted by Crippen LogP contribution is 2.47. The zero-order chi connectivity index (χ0) is 25.9. The molecule has 2 amide bonds. The fourth-order valence-corrected chi connectivity index (χ4v) is 6.95. The predicted octanol–water partition coefficient (Wildman–Crippen LogP) is 5.35. The van der Waals surface area contributed by atoms with Crippen LogP contribution in [0, 0.1) is 23.1 Å². The fraction of sp³-hybridized carbons (Fsp3) is 0.733. The van der Waals surface area contributed by atoms with E-state index >= 15 is 0 Å². The third-order valence-electron chi connectivity index (χ3n) is 9.05. The standard InChI is InChI=1S/C30H46FN3O2/c1-5-33-18-15-25(26(21-33)22-11-13-24(31)14-12-22)27(35)34-19-16-30(17-20-34,23-9-7-6-8-10-23)28(36)32-29(2,3)4/h11-14,23,25-26H,5-10,15-21H2,1-4H3,(H,32,36)/t25-,26?/m1/s1. The molecule has 200 valence electrons. The van der Waals surface area contributed by atoms with E-state index in [-0.39, 0.29) is 40.4 Å². The summed E-state index contributed by atoms with van der Waals surface area (Å²) in [6, 6.07) is 6.71. The van der Waals surface area contributed by atoms with E-state index in [2.05, 4.69) is 37.9 Å². The maximum atomic E-state index is 13.9. The lowest BCUT2D eigenvalue weighted by Gasteiger charge is -2.48.